The minimum Gasteiger partial charge on any atom is -0.481 e. The highest BCUT2D eigenvalue weighted by molar-refractivity contribution is 14.1. The van der Waals surface area contributed by atoms with Gasteiger partial charge in [-0.2, -0.15) is 0 Å². The van der Waals surface area contributed by atoms with Gasteiger partial charge in [0.1, 0.15) is 0 Å². The van der Waals surface area contributed by atoms with Crippen molar-refractivity contribution in [2.24, 2.45) is 0 Å². The molecule has 1 heterocycles. The smallest absolute Gasteiger partial charge is 0.305 e. The first-order chi connectivity index (χ1) is 9.49. The first kappa shape index (κ1) is 15.7. The predicted octanol–water partition coefficient (Wildman–Crippen LogP) is 2.37. The summed E-state index contributed by atoms with van der Waals surface area (Å²) in [4.78, 5) is 25.1. The topological polar surface area (TPSA) is 66.8 Å². The Hall–Kier alpha value is -0.670. The van der Waals surface area contributed by atoms with Crippen molar-refractivity contribution in [2.75, 3.05) is 19.8 Å². The van der Waals surface area contributed by atoms with Crippen LogP contribution in [-0.2, 0) is 9.53 Å². The second kappa shape index (κ2) is 6.86. The summed E-state index contributed by atoms with van der Waals surface area (Å²) in [5.41, 5.74) is 0.581. The maximum Gasteiger partial charge on any atom is 0.305 e. The Morgan fingerprint density at radius 1 is 1.50 bits per heavy atom. The van der Waals surface area contributed by atoms with Gasteiger partial charge in [-0.1, -0.05) is 15.9 Å². The zero-order valence-electron chi connectivity index (χ0n) is 10.5. The number of halogens is 2. The predicted molar refractivity (Wildman–Crippen MR) is 84.8 cm³/mol. The van der Waals surface area contributed by atoms with Crippen molar-refractivity contribution in [1.82, 2.24) is 4.90 Å². The van der Waals surface area contributed by atoms with Gasteiger partial charge in [-0.25, -0.2) is 0 Å². The Labute approximate surface area is 138 Å². The van der Waals surface area contributed by atoms with Crippen LogP contribution in [0.15, 0.2) is 22.7 Å². The first-order valence-corrected chi connectivity index (χ1v) is 7.92. The van der Waals surface area contributed by atoms with Crippen molar-refractivity contribution < 1.29 is 19.4 Å². The van der Waals surface area contributed by atoms with Gasteiger partial charge in [0, 0.05) is 14.6 Å². The van der Waals surface area contributed by atoms with Crippen molar-refractivity contribution in [3.8, 4) is 0 Å². The summed E-state index contributed by atoms with van der Waals surface area (Å²) in [5.74, 6) is -1.08. The number of ether oxygens (including phenoxy) is 1. The quantitative estimate of drug-likeness (QED) is 0.713. The number of nitrogens with zero attached hydrogens (tertiary/aromatic N) is 1. The number of hydrogen-bond acceptors (Lipinski definition) is 3. The monoisotopic (exact) mass is 453 g/mol. The molecule has 0 aromatic heterocycles. The number of rotatable bonds is 3. The van der Waals surface area contributed by atoms with Gasteiger partial charge in [-0.15, -0.1) is 0 Å². The molecule has 1 fully saturated rings. The lowest BCUT2D eigenvalue weighted by Gasteiger charge is -2.35. The van der Waals surface area contributed by atoms with E-state index < -0.39 is 12.0 Å². The van der Waals surface area contributed by atoms with E-state index in [2.05, 4.69) is 38.5 Å². The van der Waals surface area contributed by atoms with Gasteiger partial charge in [0.05, 0.1) is 31.2 Å². The van der Waals surface area contributed by atoms with Gasteiger partial charge in [0.15, 0.2) is 0 Å². The molecule has 1 unspecified atom stereocenters. The second-order valence-corrected chi connectivity index (χ2v) is 6.53. The van der Waals surface area contributed by atoms with Crippen LogP contribution in [0.4, 0.5) is 0 Å². The normalized spacial score (nSPS) is 18.9. The summed E-state index contributed by atoms with van der Waals surface area (Å²) < 4.78 is 6.95. The van der Waals surface area contributed by atoms with E-state index in [9.17, 15) is 9.59 Å². The number of hydrogen-bond donors (Lipinski definition) is 1. The minimum atomic E-state index is -0.928. The van der Waals surface area contributed by atoms with Crippen LogP contribution >= 0.6 is 38.5 Å². The van der Waals surface area contributed by atoms with Crippen LogP contribution in [-0.4, -0.2) is 47.7 Å². The number of morpholine rings is 1. The van der Waals surface area contributed by atoms with Crippen LogP contribution < -0.4 is 0 Å². The molecule has 0 spiro atoms. The maximum absolute atomic E-state index is 12.6. The third-order valence-electron chi connectivity index (χ3n) is 3.06. The third kappa shape index (κ3) is 3.70. The van der Waals surface area contributed by atoms with Gasteiger partial charge in [0.2, 0.25) is 0 Å². The molecule has 1 saturated heterocycles. The molecule has 2 rings (SSSR count). The highest BCUT2D eigenvalue weighted by Gasteiger charge is 2.30. The number of carbonyl (C=O) groups is 2. The molecular weight excluding hydrogens is 441 g/mol. The Morgan fingerprint density at radius 3 is 2.95 bits per heavy atom. The molecule has 1 N–H and O–H groups in total. The van der Waals surface area contributed by atoms with E-state index in [4.69, 9.17) is 9.84 Å². The molecule has 1 aromatic carbocycles. The number of amides is 1. The molecule has 1 amide bonds. The summed E-state index contributed by atoms with van der Waals surface area (Å²) >= 11 is 5.46. The summed E-state index contributed by atoms with van der Waals surface area (Å²) in [5, 5.41) is 8.93. The van der Waals surface area contributed by atoms with Crippen LogP contribution in [0.2, 0.25) is 0 Å². The van der Waals surface area contributed by atoms with E-state index >= 15 is 0 Å². The second-order valence-electron chi connectivity index (χ2n) is 4.45. The Balaban J connectivity index is 2.25. The van der Waals surface area contributed by atoms with Crippen molar-refractivity contribution in [1.29, 1.82) is 0 Å². The third-order valence-corrected chi connectivity index (χ3v) is 4.49. The SMILES string of the molecule is O=C(O)CC1COCCN1C(=O)c1cc(Br)ccc1I. The molecule has 1 aromatic rings. The molecule has 5 nitrogen and oxygen atoms in total. The highest BCUT2D eigenvalue weighted by Crippen LogP contribution is 2.22. The number of carbonyl (C=O) groups excluding carboxylic acids is 1. The van der Waals surface area contributed by atoms with Gasteiger partial charge in [0.25, 0.3) is 5.91 Å². The lowest BCUT2D eigenvalue weighted by molar-refractivity contribution is -0.139. The largest absolute Gasteiger partial charge is 0.481 e. The lowest BCUT2D eigenvalue weighted by atomic mass is 10.1. The fourth-order valence-corrected chi connectivity index (χ4v) is 3.04. The molecule has 1 aliphatic heterocycles. The van der Waals surface area contributed by atoms with E-state index in [-0.39, 0.29) is 18.9 Å². The van der Waals surface area contributed by atoms with Crippen molar-refractivity contribution in [3.05, 3.63) is 31.8 Å². The van der Waals surface area contributed by atoms with Gasteiger partial charge in [-0.05, 0) is 40.8 Å². The lowest BCUT2D eigenvalue weighted by Crippen LogP contribution is -2.49. The van der Waals surface area contributed by atoms with Crippen LogP contribution in [0.5, 0.6) is 0 Å². The first-order valence-electron chi connectivity index (χ1n) is 6.04. The number of benzene rings is 1. The Kier molecular flexibility index (Phi) is 5.39. The maximum atomic E-state index is 12.6. The van der Waals surface area contributed by atoms with E-state index in [1.807, 2.05) is 12.1 Å². The molecule has 0 radical (unpaired) electrons. The molecule has 108 valence electrons. The van der Waals surface area contributed by atoms with Crippen LogP contribution in [0.25, 0.3) is 0 Å². The Bertz CT molecular complexity index is 537. The molecule has 7 heteroatoms. The summed E-state index contributed by atoms with van der Waals surface area (Å²) in [6.45, 7) is 1.12. The van der Waals surface area contributed by atoms with Crippen molar-refractivity contribution >= 4 is 50.4 Å². The average Bonchev–Trinajstić information content (AvgIpc) is 2.41. The van der Waals surface area contributed by atoms with E-state index in [1.54, 1.807) is 11.0 Å². The molecule has 1 aliphatic rings. The van der Waals surface area contributed by atoms with Crippen LogP contribution in [0.3, 0.4) is 0 Å². The Morgan fingerprint density at radius 2 is 2.25 bits per heavy atom. The average molecular weight is 454 g/mol. The zero-order valence-corrected chi connectivity index (χ0v) is 14.3. The number of aliphatic carboxylic acids is 1. The van der Waals surface area contributed by atoms with E-state index in [0.717, 1.165) is 8.04 Å². The van der Waals surface area contributed by atoms with E-state index in [0.29, 0.717) is 18.7 Å². The number of carboxylic acids is 1. The molecule has 20 heavy (non-hydrogen) atoms. The van der Waals surface area contributed by atoms with Crippen molar-refractivity contribution in [2.45, 2.75) is 12.5 Å². The molecule has 0 aliphatic carbocycles. The molecule has 0 saturated carbocycles. The summed E-state index contributed by atoms with van der Waals surface area (Å²) in [7, 11) is 0. The fourth-order valence-electron chi connectivity index (χ4n) is 2.11. The van der Waals surface area contributed by atoms with E-state index in [1.165, 1.54) is 0 Å². The molecule has 0 bridgehead atoms. The standard InChI is InChI=1S/C13H13BrINO4/c14-8-1-2-11(15)10(5-8)13(19)16-3-4-20-7-9(16)6-12(17)18/h1-2,5,9H,3-4,6-7H2,(H,17,18). The van der Waals surface area contributed by atoms with Gasteiger partial charge in [-0.3, -0.25) is 9.59 Å². The minimum absolute atomic E-state index is 0.101. The highest BCUT2D eigenvalue weighted by atomic mass is 127. The van der Waals surface area contributed by atoms with Crippen LogP contribution in [0.1, 0.15) is 16.8 Å². The zero-order chi connectivity index (χ0) is 14.7. The van der Waals surface area contributed by atoms with Crippen molar-refractivity contribution in [3.63, 3.8) is 0 Å². The molecular formula is C13H13BrINO4. The number of carboxylic acid groups (broad SMARTS) is 1. The summed E-state index contributed by atoms with van der Waals surface area (Å²) in [6, 6.07) is 5.07. The van der Waals surface area contributed by atoms with Crippen LogP contribution in [0, 0.1) is 3.57 Å². The van der Waals surface area contributed by atoms with Gasteiger partial charge < -0.3 is 14.7 Å². The molecule has 1 atom stereocenters. The van der Waals surface area contributed by atoms with Gasteiger partial charge >= 0.3 is 5.97 Å². The fraction of sp³-hybridized carbons (Fsp3) is 0.385. The summed E-state index contributed by atoms with van der Waals surface area (Å²) in [6.07, 6.45) is -0.101.